The van der Waals surface area contributed by atoms with E-state index in [1.807, 2.05) is 24.3 Å². The number of para-hydroxylation sites is 1. The van der Waals surface area contributed by atoms with E-state index in [1.54, 1.807) is 0 Å². The summed E-state index contributed by atoms with van der Waals surface area (Å²) in [5.41, 5.74) is 1.80. The third-order valence-corrected chi connectivity index (χ3v) is 3.43. The number of likely N-dealkylation sites (N-methyl/N-ethyl adjacent to an activating group) is 1. The van der Waals surface area contributed by atoms with Crippen molar-refractivity contribution in [3.8, 4) is 0 Å². The first-order valence-corrected chi connectivity index (χ1v) is 6.29. The van der Waals surface area contributed by atoms with Crippen LogP contribution in [0, 0.1) is 0 Å². The second kappa shape index (κ2) is 5.82. The zero-order valence-electron chi connectivity index (χ0n) is 10.4. The van der Waals surface area contributed by atoms with Gasteiger partial charge in [0.05, 0.1) is 0 Å². The van der Waals surface area contributed by atoms with Crippen LogP contribution in [0.15, 0.2) is 24.3 Å². The average molecular weight is 232 g/mol. The molecule has 3 heteroatoms. The lowest BCUT2D eigenvalue weighted by molar-refractivity contribution is 0.112. The van der Waals surface area contributed by atoms with Gasteiger partial charge in [-0.3, -0.25) is 4.79 Å². The fraction of sp³-hybridized carbons (Fsp3) is 0.500. The predicted octanol–water partition coefficient (Wildman–Crippen LogP) is 2.03. The van der Waals surface area contributed by atoms with Crippen LogP contribution in [0.3, 0.4) is 0 Å². The molecule has 0 spiro atoms. The maximum Gasteiger partial charge on any atom is 0.152 e. The van der Waals surface area contributed by atoms with Gasteiger partial charge in [0, 0.05) is 31.4 Å². The molecule has 3 nitrogen and oxygen atoms in total. The maximum absolute atomic E-state index is 11.0. The van der Waals surface area contributed by atoms with Gasteiger partial charge in [0.2, 0.25) is 0 Å². The van der Waals surface area contributed by atoms with Crippen LogP contribution in [0.25, 0.3) is 0 Å². The molecule has 2 rings (SSSR count). The lowest BCUT2D eigenvalue weighted by Gasteiger charge is -2.24. The van der Waals surface area contributed by atoms with Crippen molar-refractivity contribution in [2.75, 3.05) is 38.1 Å². The van der Waals surface area contributed by atoms with Crippen molar-refractivity contribution in [3.63, 3.8) is 0 Å². The molecule has 0 radical (unpaired) electrons. The topological polar surface area (TPSA) is 23.6 Å². The summed E-state index contributed by atoms with van der Waals surface area (Å²) < 4.78 is 0. The minimum atomic E-state index is 0.774. The Morgan fingerprint density at radius 1 is 1.29 bits per heavy atom. The highest BCUT2D eigenvalue weighted by Crippen LogP contribution is 2.17. The number of aldehydes is 1. The van der Waals surface area contributed by atoms with Crippen LogP contribution in [-0.4, -0.2) is 44.4 Å². The largest absolute Gasteiger partial charge is 0.373 e. The van der Waals surface area contributed by atoms with E-state index in [2.05, 4.69) is 16.8 Å². The van der Waals surface area contributed by atoms with E-state index >= 15 is 0 Å². The molecular weight excluding hydrogens is 212 g/mol. The number of rotatable bonds is 5. The van der Waals surface area contributed by atoms with E-state index in [4.69, 9.17) is 0 Å². The normalized spacial score (nSPS) is 16.1. The summed E-state index contributed by atoms with van der Waals surface area (Å²) in [5, 5.41) is 0. The fourth-order valence-electron chi connectivity index (χ4n) is 2.35. The van der Waals surface area contributed by atoms with Crippen LogP contribution >= 0.6 is 0 Å². The molecule has 1 aliphatic rings. The van der Waals surface area contributed by atoms with Crippen molar-refractivity contribution in [2.45, 2.75) is 12.8 Å². The summed E-state index contributed by atoms with van der Waals surface area (Å²) in [6.45, 7) is 4.51. The van der Waals surface area contributed by atoms with Gasteiger partial charge in [-0.1, -0.05) is 12.1 Å². The van der Waals surface area contributed by atoms with Crippen LogP contribution in [-0.2, 0) is 0 Å². The van der Waals surface area contributed by atoms with Gasteiger partial charge in [-0.25, -0.2) is 0 Å². The SMILES string of the molecule is CN(CCN1CCCC1)c1ccccc1C=O. The van der Waals surface area contributed by atoms with E-state index in [9.17, 15) is 4.79 Å². The van der Waals surface area contributed by atoms with Crippen molar-refractivity contribution in [2.24, 2.45) is 0 Å². The summed E-state index contributed by atoms with van der Waals surface area (Å²) in [6, 6.07) is 7.76. The molecular formula is C14H20N2O. The highest BCUT2D eigenvalue weighted by molar-refractivity contribution is 5.84. The van der Waals surface area contributed by atoms with Crippen molar-refractivity contribution in [3.05, 3.63) is 29.8 Å². The van der Waals surface area contributed by atoms with Crippen LogP contribution in [0.5, 0.6) is 0 Å². The third kappa shape index (κ3) is 3.07. The lowest BCUT2D eigenvalue weighted by atomic mass is 10.2. The van der Waals surface area contributed by atoms with E-state index < -0.39 is 0 Å². The molecule has 0 N–H and O–H groups in total. The molecule has 0 amide bonds. The van der Waals surface area contributed by atoms with Crippen LogP contribution in [0.4, 0.5) is 5.69 Å². The van der Waals surface area contributed by atoms with Crippen LogP contribution in [0.2, 0.25) is 0 Å². The molecule has 0 unspecified atom stereocenters. The first kappa shape index (κ1) is 12.1. The summed E-state index contributed by atoms with van der Waals surface area (Å²) >= 11 is 0. The number of nitrogens with zero attached hydrogens (tertiary/aromatic N) is 2. The van der Waals surface area contributed by atoms with Crippen LogP contribution < -0.4 is 4.90 Å². The number of carbonyl (C=O) groups excluding carboxylic acids is 1. The van der Waals surface area contributed by atoms with Crippen molar-refractivity contribution in [1.82, 2.24) is 4.90 Å². The molecule has 1 saturated heterocycles. The van der Waals surface area contributed by atoms with Gasteiger partial charge < -0.3 is 9.80 Å². The minimum Gasteiger partial charge on any atom is -0.373 e. The summed E-state index contributed by atoms with van der Waals surface area (Å²) in [6.07, 6.45) is 3.59. The zero-order chi connectivity index (χ0) is 12.1. The van der Waals surface area contributed by atoms with Crippen LogP contribution in [0.1, 0.15) is 23.2 Å². The van der Waals surface area contributed by atoms with Gasteiger partial charge >= 0.3 is 0 Å². The van der Waals surface area contributed by atoms with Gasteiger partial charge in [0.15, 0.2) is 6.29 Å². The maximum atomic E-state index is 11.0. The molecule has 0 atom stereocenters. The Morgan fingerprint density at radius 2 is 2.00 bits per heavy atom. The van der Waals surface area contributed by atoms with Gasteiger partial charge in [-0.15, -0.1) is 0 Å². The quantitative estimate of drug-likeness (QED) is 0.726. The first-order valence-electron chi connectivity index (χ1n) is 6.29. The lowest BCUT2D eigenvalue weighted by Crippen LogP contribution is -2.31. The Morgan fingerprint density at radius 3 is 2.71 bits per heavy atom. The Kier molecular flexibility index (Phi) is 4.15. The van der Waals surface area contributed by atoms with Crippen molar-refractivity contribution >= 4 is 12.0 Å². The highest BCUT2D eigenvalue weighted by Gasteiger charge is 2.12. The number of hydrogen-bond acceptors (Lipinski definition) is 3. The summed E-state index contributed by atoms with van der Waals surface area (Å²) in [7, 11) is 2.05. The minimum absolute atomic E-state index is 0.774. The molecule has 17 heavy (non-hydrogen) atoms. The van der Waals surface area contributed by atoms with E-state index in [0.29, 0.717) is 0 Å². The van der Waals surface area contributed by atoms with E-state index in [-0.39, 0.29) is 0 Å². The smallest absolute Gasteiger partial charge is 0.152 e. The van der Waals surface area contributed by atoms with Crippen molar-refractivity contribution < 1.29 is 4.79 Å². The first-order chi connectivity index (χ1) is 8.31. The number of hydrogen-bond donors (Lipinski definition) is 0. The number of anilines is 1. The number of carbonyl (C=O) groups is 1. The molecule has 1 aliphatic heterocycles. The standard InChI is InChI=1S/C14H20N2O/c1-15(10-11-16-8-4-5-9-16)14-7-3-2-6-13(14)12-17/h2-3,6-7,12H,4-5,8-11H2,1H3. The Labute approximate surface area is 103 Å². The average Bonchev–Trinajstić information content (AvgIpc) is 2.89. The Balaban J connectivity index is 1.93. The number of likely N-dealkylation sites (tertiary alicyclic amines) is 1. The summed E-state index contributed by atoms with van der Waals surface area (Å²) in [4.78, 5) is 15.6. The third-order valence-electron chi connectivity index (χ3n) is 3.43. The molecule has 1 aromatic carbocycles. The molecule has 0 aliphatic carbocycles. The van der Waals surface area contributed by atoms with Gasteiger partial charge in [-0.05, 0) is 38.1 Å². The molecule has 0 aromatic heterocycles. The van der Waals surface area contributed by atoms with Gasteiger partial charge in [0.1, 0.15) is 0 Å². The summed E-state index contributed by atoms with van der Waals surface area (Å²) in [5.74, 6) is 0. The molecule has 0 saturated carbocycles. The Hall–Kier alpha value is -1.35. The molecule has 1 fully saturated rings. The molecule has 92 valence electrons. The van der Waals surface area contributed by atoms with Gasteiger partial charge in [-0.2, -0.15) is 0 Å². The monoisotopic (exact) mass is 232 g/mol. The van der Waals surface area contributed by atoms with Crippen molar-refractivity contribution in [1.29, 1.82) is 0 Å². The molecule has 1 heterocycles. The molecule has 0 bridgehead atoms. The van der Waals surface area contributed by atoms with E-state index in [1.165, 1.54) is 25.9 Å². The zero-order valence-corrected chi connectivity index (χ0v) is 10.4. The predicted molar refractivity (Wildman–Crippen MR) is 70.8 cm³/mol. The highest BCUT2D eigenvalue weighted by atomic mass is 16.1. The van der Waals surface area contributed by atoms with E-state index in [0.717, 1.165) is 30.6 Å². The number of benzene rings is 1. The molecule has 1 aromatic rings. The van der Waals surface area contributed by atoms with Gasteiger partial charge in [0.25, 0.3) is 0 Å². The second-order valence-corrected chi connectivity index (χ2v) is 4.65. The second-order valence-electron chi connectivity index (χ2n) is 4.65. The Bertz CT molecular complexity index is 372. The fourth-order valence-corrected chi connectivity index (χ4v) is 2.35.